The van der Waals surface area contributed by atoms with Gasteiger partial charge >= 0.3 is 27.6 Å². The van der Waals surface area contributed by atoms with Gasteiger partial charge in [0.15, 0.2) is 0 Å². The summed E-state index contributed by atoms with van der Waals surface area (Å²) < 4.78 is 52.8. The van der Waals surface area contributed by atoms with Gasteiger partial charge in [-0.05, 0) is 57.8 Å². The minimum Gasteiger partial charge on any atom is -0.463 e. The van der Waals surface area contributed by atoms with E-state index in [1.165, 1.54) is 38.5 Å². The van der Waals surface area contributed by atoms with E-state index in [0.717, 1.165) is 51.4 Å². The SMILES string of the molecule is CC/C=C/C=C/C=C\C=C\C=C\C=C\C=C\CCCCCC(=O)OCC(O)COP(=O)(O)OCC(O)COP(=O)(O)OCC(O)COC(=O)CCCCC/C=C\CCCCCCCC. The van der Waals surface area contributed by atoms with Gasteiger partial charge < -0.3 is 34.6 Å². The molecule has 0 saturated carbocycles. The van der Waals surface area contributed by atoms with Crippen LogP contribution in [0.15, 0.2) is 97.2 Å². The van der Waals surface area contributed by atoms with Crippen molar-refractivity contribution in [3.8, 4) is 0 Å². The molecule has 0 saturated heterocycles. The van der Waals surface area contributed by atoms with Crippen molar-refractivity contribution in [2.75, 3.05) is 39.6 Å². The molecule has 0 aliphatic rings. The molecular weight excluding hydrogens is 866 g/mol. The van der Waals surface area contributed by atoms with Crippen LogP contribution < -0.4 is 0 Å². The van der Waals surface area contributed by atoms with Gasteiger partial charge in [-0.25, -0.2) is 9.13 Å². The van der Waals surface area contributed by atoms with Crippen LogP contribution in [0.4, 0.5) is 0 Å². The molecular formula is C47H78O15P2. The van der Waals surface area contributed by atoms with Crippen LogP contribution in [0.3, 0.4) is 0 Å². The summed E-state index contributed by atoms with van der Waals surface area (Å²) in [7, 11) is -9.60. The molecule has 0 heterocycles. The Morgan fingerprint density at radius 1 is 0.422 bits per heavy atom. The average Bonchev–Trinajstić information content (AvgIpc) is 3.27. The minimum absolute atomic E-state index is 0.137. The maximum Gasteiger partial charge on any atom is 0.472 e. The average molecular weight is 945 g/mol. The first-order valence-electron chi connectivity index (χ1n) is 22.7. The van der Waals surface area contributed by atoms with Gasteiger partial charge in [0.05, 0.1) is 26.4 Å². The number of rotatable bonds is 42. The molecule has 0 aromatic heterocycles. The van der Waals surface area contributed by atoms with Gasteiger partial charge in [0.2, 0.25) is 0 Å². The van der Waals surface area contributed by atoms with E-state index in [2.05, 4.69) is 50.2 Å². The molecule has 5 atom stereocenters. The van der Waals surface area contributed by atoms with Crippen molar-refractivity contribution in [3.63, 3.8) is 0 Å². The quantitative estimate of drug-likeness (QED) is 0.0126. The van der Waals surface area contributed by atoms with Crippen LogP contribution >= 0.6 is 15.6 Å². The molecule has 0 aromatic rings. The summed E-state index contributed by atoms with van der Waals surface area (Å²) in [4.78, 5) is 43.7. The van der Waals surface area contributed by atoms with Crippen LogP contribution in [0.25, 0.3) is 0 Å². The summed E-state index contributed by atoms with van der Waals surface area (Å²) in [6.45, 7) is 0.150. The molecule has 0 aromatic carbocycles. The lowest BCUT2D eigenvalue weighted by Gasteiger charge is -2.19. The fraction of sp³-hybridized carbons (Fsp3) is 0.617. The molecule has 0 radical (unpaired) electrons. The number of esters is 2. The van der Waals surface area contributed by atoms with Gasteiger partial charge in [-0.3, -0.25) is 27.7 Å². The monoisotopic (exact) mass is 944 g/mol. The van der Waals surface area contributed by atoms with Gasteiger partial charge in [0, 0.05) is 12.8 Å². The van der Waals surface area contributed by atoms with Crippen molar-refractivity contribution in [1.29, 1.82) is 0 Å². The third-order valence-corrected chi connectivity index (χ3v) is 10.6. The number of hydrogen-bond acceptors (Lipinski definition) is 13. The molecule has 0 spiro atoms. The van der Waals surface area contributed by atoms with E-state index in [4.69, 9.17) is 9.47 Å². The largest absolute Gasteiger partial charge is 0.472 e. The molecule has 5 unspecified atom stereocenters. The van der Waals surface area contributed by atoms with Crippen LogP contribution in [0.5, 0.6) is 0 Å². The minimum atomic E-state index is -4.80. The van der Waals surface area contributed by atoms with E-state index >= 15 is 0 Å². The highest BCUT2D eigenvalue weighted by Crippen LogP contribution is 2.45. The Hall–Kier alpha value is -3.04. The standard InChI is InChI=1S/C47H78O15P2/c1-3-5-7-9-11-13-15-17-18-19-20-21-22-24-26-28-30-32-34-36-47(52)58-38-44(49)40-60-64(55,56)62-42-45(50)41-61-63(53,54)59-39-43(48)37-57-46(51)35-33-31-29-27-25-23-16-14-12-10-8-6-4-2/h5,7,9,11,13,15,17-26,43-45,48-50H,3-4,6,8,10,12,14,16,27-42H2,1-2H3,(H,53,54)(H,55,56)/b7-5+,11-9+,15-13-,18-17+,20-19+,22-21+,25-23-,26-24+. The van der Waals surface area contributed by atoms with Gasteiger partial charge in [-0.15, -0.1) is 0 Å². The maximum atomic E-state index is 12.1. The number of hydrogen-bond donors (Lipinski definition) is 5. The fourth-order valence-electron chi connectivity index (χ4n) is 5.19. The molecule has 15 nitrogen and oxygen atoms in total. The molecule has 0 rings (SSSR count). The first kappa shape index (κ1) is 61.0. The van der Waals surface area contributed by atoms with Gasteiger partial charge in [0.1, 0.15) is 31.5 Å². The zero-order chi connectivity index (χ0) is 47.4. The number of phosphoric acid groups is 2. The number of ether oxygens (including phenoxy) is 2. The second kappa shape index (κ2) is 42.6. The molecule has 0 bridgehead atoms. The van der Waals surface area contributed by atoms with E-state index < -0.39 is 85.5 Å². The summed E-state index contributed by atoms with van der Waals surface area (Å²) in [5.41, 5.74) is 0. The second-order valence-corrected chi connectivity index (χ2v) is 17.8. The van der Waals surface area contributed by atoms with Gasteiger partial charge in [-0.1, -0.05) is 156 Å². The van der Waals surface area contributed by atoms with E-state index in [0.29, 0.717) is 12.8 Å². The lowest BCUT2D eigenvalue weighted by atomic mass is 10.1. The maximum absolute atomic E-state index is 12.1. The zero-order valence-electron chi connectivity index (χ0n) is 38.2. The second-order valence-electron chi connectivity index (χ2n) is 14.9. The Balaban J connectivity index is 4.01. The van der Waals surface area contributed by atoms with Crippen molar-refractivity contribution < 1.29 is 71.4 Å². The Kier molecular flexibility index (Phi) is 40.6. The van der Waals surface area contributed by atoms with Crippen molar-refractivity contribution in [3.05, 3.63) is 97.2 Å². The summed E-state index contributed by atoms with van der Waals surface area (Å²) in [5, 5.41) is 30.0. The molecule has 0 aliphatic carbocycles. The summed E-state index contributed by atoms with van der Waals surface area (Å²) in [5.74, 6) is -1.06. The normalized spacial score (nSPS) is 16.0. The van der Waals surface area contributed by atoms with Gasteiger partial charge in [0.25, 0.3) is 0 Å². The van der Waals surface area contributed by atoms with Crippen LogP contribution in [0, 0.1) is 0 Å². The highest BCUT2D eigenvalue weighted by Gasteiger charge is 2.28. The smallest absolute Gasteiger partial charge is 0.463 e. The molecule has 0 amide bonds. The first-order valence-corrected chi connectivity index (χ1v) is 25.7. The molecule has 366 valence electrons. The highest BCUT2D eigenvalue weighted by atomic mass is 31.2. The van der Waals surface area contributed by atoms with E-state index in [9.17, 15) is 43.8 Å². The predicted molar refractivity (Wildman–Crippen MR) is 251 cm³/mol. The third-order valence-electron chi connectivity index (χ3n) is 8.72. The van der Waals surface area contributed by atoms with Crippen LogP contribution in [-0.2, 0) is 46.3 Å². The molecule has 17 heteroatoms. The Morgan fingerprint density at radius 3 is 1.12 bits per heavy atom. The lowest BCUT2D eigenvalue weighted by molar-refractivity contribution is -0.148. The number of unbranched alkanes of at least 4 members (excludes halogenated alkanes) is 12. The van der Waals surface area contributed by atoms with Gasteiger partial charge in [-0.2, -0.15) is 0 Å². The molecule has 0 aliphatic heterocycles. The fourth-order valence-corrected chi connectivity index (χ4v) is 6.78. The van der Waals surface area contributed by atoms with Crippen LogP contribution in [-0.4, -0.2) is 95.0 Å². The summed E-state index contributed by atoms with van der Waals surface area (Å²) in [6, 6.07) is 0. The van der Waals surface area contributed by atoms with E-state index in [1.54, 1.807) is 0 Å². The lowest BCUT2D eigenvalue weighted by Crippen LogP contribution is -2.25. The van der Waals surface area contributed by atoms with E-state index in [-0.39, 0.29) is 12.8 Å². The Labute approximate surface area is 382 Å². The highest BCUT2D eigenvalue weighted by molar-refractivity contribution is 7.47. The molecule has 64 heavy (non-hydrogen) atoms. The topological polar surface area (TPSA) is 225 Å². The number of aliphatic hydroxyl groups is 3. The summed E-state index contributed by atoms with van der Waals surface area (Å²) >= 11 is 0. The zero-order valence-corrected chi connectivity index (χ0v) is 39.9. The third kappa shape index (κ3) is 44.2. The number of carbonyl (C=O) groups is 2. The number of phosphoric ester groups is 2. The number of allylic oxidation sites excluding steroid dienone is 16. The van der Waals surface area contributed by atoms with Crippen LogP contribution in [0.1, 0.15) is 129 Å². The van der Waals surface area contributed by atoms with Crippen molar-refractivity contribution >= 4 is 27.6 Å². The number of aliphatic hydroxyl groups excluding tert-OH is 3. The summed E-state index contributed by atoms with van der Waals surface area (Å²) in [6.07, 6.45) is 44.0. The Morgan fingerprint density at radius 2 is 0.734 bits per heavy atom. The van der Waals surface area contributed by atoms with Crippen molar-refractivity contribution in [2.45, 2.75) is 148 Å². The van der Waals surface area contributed by atoms with Crippen LogP contribution in [0.2, 0.25) is 0 Å². The molecule has 5 N–H and O–H groups in total. The Bertz CT molecular complexity index is 1520. The number of carbonyl (C=O) groups excluding carboxylic acids is 2. The first-order chi connectivity index (χ1) is 30.8. The predicted octanol–water partition coefficient (Wildman–Crippen LogP) is 9.93. The van der Waals surface area contributed by atoms with E-state index in [1.807, 2.05) is 79.0 Å². The van der Waals surface area contributed by atoms with Crippen molar-refractivity contribution in [2.24, 2.45) is 0 Å². The van der Waals surface area contributed by atoms with Crippen molar-refractivity contribution in [1.82, 2.24) is 0 Å². The molecule has 0 fully saturated rings.